The fourth-order valence-corrected chi connectivity index (χ4v) is 2.34. The molecule has 2 aromatic rings. The Morgan fingerprint density at radius 3 is 2.95 bits per heavy atom. The largest absolute Gasteiger partial charge is 0.462 e. The molecular formula is C14H15N3O3. The van der Waals surface area contributed by atoms with E-state index in [1.807, 2.05) is 0 Å². The van der Waals surface area contributed by atoms with Gasteiger partial charge < -0.3 is 10.5 Å². The minimum Gasteiger partial charge on any atom is -0.462 e. The highest BCUT2D eigenvalue weighted by Gasteiger charge is 2.31. The van der Waals surface area contributed by atoms with Crippen LogP contribution in [0.1, 0.15) is 36.2 Å². The third-order valence-electron chi connectivity index (χ3n) is 3.40. The Morgan fingerprint density at radius 2 is 2.30 bits per heavy atom. The standard InChI is InChI=1S/C14H15N3O3/c1-2-20-14(19)10-11(15)9-4-3-7-16-12(9)17(13(10)18)8-5-6-8/h3-4,7-8H,2,5-6,15H2,1H3. The van der Waals surface area contributed by atoms with Crippen molar-refractivity contribution in [3.8, 4) is 0 Å². The first-order chi connectivity index (χ1) is 9.65. The van der Waals surface area contributed by atoms with Crippen molar-refractivity contribution in [3.05, 3.63) is 34.2 Å². The normalized spacial score (nSPS) is 14.4. The summed E-state index contributed by atoms with van der Waals surface area (Å²) < 4.78 is 6.51. The summed E-state index contributed by atoms with van der Waals surface area (Å²) in [7, 11) is 0. The minimum atomic E-state index is -0.671. The number of nitrogens with zero attached hydrogens (tertiary/aromatic N) is 2. The molecule has 6 nitrogen and oxygen atoms in total. The molecule has 1 saturated carbocycles. The second kappa shape index (κ2) is 4.63. The molecule has 0 bridgehead atoms. The lowest BCUT2D eigenvalue weighted by molar-refractivity contribution is 0.0525. The third kappa shape index (κ3) is 1.84. The lowest BCUT2D eigenvalue weighted by Crippen LogP contribution is -2.29. The van der Waals surface area contributed by atoms with Crippen LogP contribution in [0.5, 0.6) is 0 Å². The van der Waals surface area contributed by atoms with E-state index >= 15 is 0 Å². The van der Waals surface area contributed by atoms with Crippen LogP contribution in [0.25, 0.3) is 11.0 Å². The number of esters is 1. The van der Waals surface area contributed by atoms with Gasteiger partial charge in [0.1, 0.15) is 11.2 Å². The Balaban J connectivity index is 2.35. The average molecular weight is 273 g/mol. The second-order valence-electron chi connectivity index (χ2n) is 4.79. The van der Waals surface area contributed by atoms with E-state index in [1.165, 1.54) is 0 Å². The number of hydrogen-bond donors (Lipinski definition) is 1. The van der Waals surface area contributed by atoms with Gasteiger partial charge in [-0.2, -0.15) is 0 Å². The van der Waals surface area contributed by atoms with Gasteiger partial charge in [0.2, 0.25) is 0 Å². The Bertz CT molecular complexity index is 747. The summed E-state index contributed by atoms with van der Waals surface area (Å²) in [6.07, 6.45) is 3.44. The molecule has 6 heteroatoms. The molecule has 0 atom stereocenters. The molecule has 0 radical (unpaired) electrons. The van der Waals surface area contributed by atoms with Crippen molar-refractivity contribution in [1.82, 2.24) is 9.55 Å². The van der Waals surface area contributed by atoms with Gasteiger partial charge in [0.05, 0.1) is 12.3 Å². The molecule has 1 aliphatic rings. The van der Waals surface area contributed by atoms with Crippen LogP contribution < -0.4 is 11.3 Å². The highest BCUT2D eigenvalue weighted by Crippen LogP contribution is 2.36. The predicted molar refractivity (Wildman–Crippen MR) is 74.6 cm³/mol. The molecule has 104 valence electrons. The number of nitrogen functional groups attached to an aromatic ring is 1. The van der Waals surface area contributed by atoms with Crippen LogP contribution in [-0.4, -0.2) is 22.1 Å². The molecule has 3 rings (SSSR count). The first-order valence-corrected chi connectivity index (χ1v) is 6.61. The number of nitrogens with two attached hydrogens (primary N) is 1. The Morgan fingerprint density at radius 1 is 1.55 bits per heavy atom. The SMILES string of the molecule is CCOC(=O)c1c(N)c2cccnc2n(C2CC2)c1=O. The number of fused-ring (bicyclic) bond motifs is 1. The van der Waals surface area contributed by atoms with Gasteiger partial charge in [0.15, 0.2) is 0 Å². The van der Waals surface area contributed by atoms with E-state index in [4.69, 9.17) is 10.5 Å². The number of pyridine rings is 2. The maximum atomic E-state index is 12.5. The first kappa shape index (κ1) is 12.7. The lowest BCUT2D eigenvalue weighted by atomic mass is 10.1. The summed E-state index contributed by atoms with van der Waals surface area (Å²) in [5.74, 6) is -0.671. The van der Waals surface area contributed by atoms with Gasteiger partial charge in [-0.15, -0.1) is 0 Å². The highest BCUT2D eigenvalue weighted by molar-refractivity contribution is 6.03. The molecule has 0 unspecified atom stereocenters. The van der Waals surface area contributed by atoms with Crippen molar-refractivity contribution < 1.29 is 9.53 Å². The topological polar surface area (TPSA) is 87.2 Å². The maximum Gasteiger partial charge on any atom is 0.345 e. The number of ether oxygens (including phenoxy) is 1. The third-order valence-corrected chi connectivity index (χ3v) is 3.40. The molecule has 20 heavy (non-hydrogen) atoms. The monoisotopic (exact) mass is 273 g/mol. The van der Waals surface area contributed by atoms with Crippen LogP contribution >= 0.6 is 0 Å². The summed E-state index contributed by atoms with van der Waals surface area (Å²) in [5.41, 5.74) is 6.17. The van der Waals surface area contributed by atoms with E-state index < -0.39 is 11.5 Å². The Labute approximate surface area is 115 Å². The molecule has 2 N–H and O–H groups in total. The van der Waals surface area contributed by atoms with Gasteiger partial charge in [-0.05, 0) is 31.9 Å². The van der Waals surface area contributed by atoms with Crippen LogP contribution in [0, 0.1) is 0 Å². The van der Waals surface area contributed by atoms with Gasteiger partial charge in [0, 0.05) is 17.6 Å². The maximum absolute atomic E-state index is 12.5. The van der Waals surface area contributed by atoms with Crippen LogP contribution in [0.15, 0.2) is 23.1 Å². The molecule has 0 aromatic carbocycles. The average Bonchev–Trinajstić information content (AvgIpc) is 3.24. The van der Waals surface area contributed by atoms with Crippen molar-refractivity contribution in [1.29, 1.82) is 0 Å². The van der Waals surface area contributed by atoms with Crippen LogP contribution in [0.2, 0.25) is 0 Å². The van der Waals surface area contributed by atoms with Crippen molar-refractivity contribution in [3.63, 3.8) is 0 Å². The molecular weight excluding hydrogens is 258 g/mol. The molecule has 0 amide bonds. The Kier molecular flexibility index (Phi) is 2.93. The van der Waals surface area contributed by atoms with E-state index in [0.29, 0.717) is 11.0 Å². The molecule has 2 heterocycles. The number of rotatable bonds is 3. The fraction of sp³-hybridized carbons (Fsp3) is 0.357. The van der Waals surface area contributed by atoms with Crippen molar-refractivity contribution in [2.45, 2.75) is 25.8 Å². The zero-order chi connectivity index (χ0) is 14.3. The van der Waals surface area contributed by atoms with E-state index in [9.17, 15) is 9.59 Å². The van der Waals surface area contributed by atoms with Gasteiger partial charge in [-0.25, -0.2) is 9.78 Å². The van der Waals surface area contributed by atoms with Gasteiger partial charge in [-0.3, -0.25) is 9.36 Å². The molecule has 0 aliphatic heterocycles. The van der Waals surface area contributed by atoms with Gasteiger partial charge in [-0.1, -0.05) is 0 Å². The van der Waals surface area contributed by atoms with Crippen LogP contribution in [-0.2, 0) is 4.74 Å². The number of hydrogen-bond acceptors (Lipinski definition) is 5. The molecule has 2 aromatic heterocycles. The molecule has 0 saturated heterocycles. The summed E-state index contributed by atoms with van der Waals surface area (Å²) in [4.78, 5) is 28.8. The number of carbonyl (C=O) groups is 1. The number of anilines is 1. The zero-order valence-corrected chi connectivity index (χ0v) is 11.1. The van der Waals surface area contributed by atoms with Crippen molar-refractivity contribution in [2.75, 3.05) is 12.3 Å². The van der Waals surface area contributed by atoms with E-state index in [1.54, 1.807) is 29.8 Å². The first-order valence-electron chi connectivity index (χ1n) is 6.61. The summed E-state index contributed by atoms with van der Waals surface area (Å²) in [6.45, 7) is 1.89. The van der Waals surface area contributed by atoms with Crippen LogP contribution in [0.3, 0.4) is 0 Å². The summed E-state index contributed by atoms with van der Waals surface area (Å²) >= 11 is 0. The minimum absolute atomic E-state index is 0.0840. The molecule has 0 spiro atoms. The van der Waals surface area contributed by atoms with Crippen molar-refractivity contribution in [2.24, 2.45) is 0 Å². The molecule has 1 fully saturated rings. The Hall–Kier alpha value is -2.37. The predicted octanol–water partition coefficient (Wildman–Crippen LogP) is 1.49. The summed E-state index contributed by atoms with van der Waals surface area (Å²) in [6, 6.07) is 3.60. The molecule has 1 aliphatic carbocycles. The fourth-order valence-electron chi connectivity index (χ4n) is 2.34. The van der Waals surface area contributed by atoms with E-state index in [-0.39, 0.29) is 23.9 Å². The highest BCUT2D eigenvalue weighted by atomic mass is 16.5. The second-order valence-corrected chi connectivity index (χ2v) is 4.79. The quantitative estimate of drug-likeness (QED) is 0.856. The van der Waals surface area contributed by atoms with E-state index in [2.05, 4.69) is 4.98 Å². The smallest absolute Gasteiger partial charge is 0.345 e. The lowest BCUT2D eigenvalue weighted by Gasteiger charge is -2.13. The van der Waals surface area contributed by atoms with Gasteiger partial charge in [0.25, 0.3) is 5.56 Å². The van der Waals surface area contributed by atoms with E-state index in [0.717, 1.165) is 12.8 Å². The van der Waals surface area contributed by atoms with Gasteiger partial charge >= 0.3 is 5.97 Å². The van der Waals surface area contributed by atoms with Crippen molar-refractivity contribution >= 4 is 22.7 Å². The summed E-state index contributed by atoms with van der Waals surface area (Å²) in [5, 5.41) is 0.613. The zero-order valence-electron chi connectivity index (χ0n) is 11.1. The number of carbonyl (C=O) groups excluding carboxylic acids is 1. The number of aromatic nitrogens is 2. The van der Waals surface area contributed by atoms with Crippen LogP contribution in [0.4, 0.5) is 5.69 Å².